The number of aryl methyl sites for hydroxylation is 2. The third-order valence-corrected chi connectivity index (χ3v) is 6.27. The summed E-state index contributed by atoms with van der Waals surface area (Å²) in [6.07, 6.45) is 2.33. The second-order valence-electron chi connectivity index (χ2n) is 9.77. The molecule has 0 unspecified atom stereocenters. The van der Waals surface area contributed by atoms with E-state index in [4.69, 9.17) is 9.26 Å². The zero-order valence-electron chi connectivity index (χ0n) is 22.4. The quantitative estimate of drug-likeness (QED) is 0.305. The molecular weight excluding hydrogens is 497 g/mol. The van der Waals surface area contributed by atoms with E-state index >= 15 is 0 Å². The summed E-state index contributed by atoms with van der Waals surface area (Å²) in [5, 5.41) is 10.1. The van der Waals surface area contributed by atoms with Crippen molar-refractivity contribution in [1.82, 2.24) is 14.3 Å². The Morgan fingerprint density at radius 2 is 1.74 bits per heavy atom. The molecule has 0 fully saturated rings. The molecule has 9 nitrogen and oxygen atoms in total. The van der Waals surface area contributed by atoms with Crippen molar-refractivity contribution >= 4 is 0 Å². The largest absolute Gasteiger partial charge is 1.00 e. The van der Waals surface area contributed by atoms with E-state index in [1.165, 1.54) is 0 Å². The zero-order valence-corrected chi connectivity index (χ0v) is 24.4. The molecular formula is C28H30N3NaO6. The van der Waals surface area contributed by atoms with Crippen molar-refractivity contribution in [3.8, 4) is 16.9 Å². The molecule has 4 rings (SSSR count). The van der Waals surface area contributed by atoms with Gasteiger partial charge in [0, 0.05) is 30.9 Å². The standard InChI is InChI=1S/C28H31N3O6.Na/c1-18-14-25(32)30(13-12-28(3,4)35)16-24(18)23-7-5-6-21(19(23)2)17-36-22-10-8-20(9-11-22)15-31-26(33)29-27(34)37-31;/h5-11,14,16,35H,12-13,15,17H2,1-4H3,(H,29,33,34);/q;+1/p-1. The fourth-order valence-electron chi connectivity index (χ4n) is 4.06. The van der Waals surface area contributed by atoms with Crippen LogP contribution in [0.4, 0.5) is 0 Å². The van der Waals surface area contributed by atoms with E-state index in [1.807, 2.05) is 38.2 Å². The maximum atomic E-state index is 12.5. The molecule has 2 aromatic heterocycles. The molecule has 0 spiro atoms. The molecule has 4 aromatic rings. The zero-order chi connectivity index (χ0) is 26.7. The molecule has 1 N–H and O–H groups in total. The van der Waals surface area contributed by atoms with E-state index in [-0.39, 0.29) is 41.7 Å². The van der Waals surface area contributed by atoms with Crippen molar-refractivity contribution in [2.75, 3.05) is 0 Å². The van der Waals surface area contributed by atoms with Gasteiger partial charge in [-0.1, -0.05) is 30.3 Å². The van der Waals surface area contributed by atoms with Crippen LogP contribution < -0.4 is 56.3 Å². The van der Waals surface area contributed by atoms with Gasteiger partial charge in [-0.3, -0.25) is 14.3 Å². The molecule has 2 heterocycles. The smallest absolute Gasteiger partial charge is 0.489 e. The topological polar surface area (TPSA) is 118 Å². The van der Waals surface area contributed by atoms with Crippen LogP contribution in [-0.2, 0) is 19.7 Å². The Labute approximate surface area is 242 Å². The average Bonchev–Trinajstić information content (AvgIpc) is 3.15. The first-order valence-corrected chi connectivity index (χ1v) is 12.0. The summed E-state index contributed by atoms with van der Waals surface area (Å²) in [5.74, 6) is -0.259. The number of aliphatic hydroxyl groups is 1. The molecule has 0 aliphatic rings. The molecule has 2 aromatic carbocycles. The van der Waals surface area contributed by atoms with Crippen molar-refractivity contribution in [2.45, 2.75) is 59.4 Å². The number of rotatable bonds is 9. The number of hydrogen-bond acceptors (Lipinski definition) is 6. The van der Waals surface area contributed by atoms with Gasteiger partial charge in [-0.2, -0.15) is 0 Å². The normalized spacial score (nSPS) is 11.3. The van der Waals surface area contributed by atoms with Gasteiger partial charge >= 0.3 is 35.3 Å². The van der Waals surface area contributed by atoms with Crippen LogP contribution in [0, 0.1) is 13.8 Å². The number of ether oxygens (including phenoxy) is 1. The number of benzene rings is 2. The summed E-state index contributed by atoms with van der Waals surface area (Å²) in [6, 6.07) is 14.8. The molecule has 0 radical (unpaired) electrons. The minimum atomic E-state index is -0.911. The van der Waals surface area contributed by atoms with Gasteiger partial charge in [0.1, 0.15) is 12.4 Å². The fraction of sp³-hybridized carbons (Fsp3) is 0.321. The maximum Gasteiger partial charge on any atom is 1.00 e. The van der Waals surface area contributed by atoms with Crippen LogP contribution in [0.15, 0.2) is 73.6 Å². The Kier molecular flexibility index (Phi) is 9.43. The molecule has 0 aliphatic heterocycles. The van der Waals surface area contributed by atoms with Gasteiger partial charge in [-0.25, -0.2) is 4.79 Å². The molecule has 10 heteroatoms. The predicted molar refractivity (Wildman–Crippen MR) is 139 cm³/mol. The molecule has 0 atom stereocenters. The van der Waals surface area contributed by atoms with E-state index in [0.29, 0.717) is 25.3 Å². The first-order valence-electron chi connectivity index (χ1n) is 12.0. The Hall–Kier alpha value is -3.11. The summed E-state index contributed by atoms with van der Waals surface area (Å²) in [5.41, 5.74) is 4.01. The van der Waals surface area contributed by atoms with Gasteiger partial charge in [0.15, 0.2) is 5.69 Å². The summed E-state index contributed by atoms with van der Waals surface area (Å²) in [7, 11) is 0. The molecule has 0 saturated carbocycles. The van der Waals surface area contributed by atoms with Gasteiger partial charge < -0.3 is 23.9 Å². The van der Waals surface area contributed by atoms with Crippen LogP contribution in [-0.4, -0.2) is 20.0 Å². The van der Waals surface area contributed by atoms with Crippen molar-refractivity contribution in [1.29, 1.82) is 0 Å². The number of pyridine rings is 1. The van der Waals surface area contributed by atoms with Crippen LogP contribution in [0.1, 0.15) is 42.5 Å². The number of nitrogens with zero attached hydrogens (tertiary/aromatic N) is 3. The SMILES string of the molecule is Cc1cc(=O)n(CCC(C)(C)O)cc1-c1cccc(COc2ccc(Cn3oc(=O)[n-]c3=O)cc2)c1C.[Na+]. The number of aromatic nitrogens is 3. The van der Waals surface area contributed by atoms with E-state index in [1.54, 1.807) is 48.7 Å². The molecule has 0 saturated heterocycles. The van der Waals surface area contributed by atoms with Crippen LogP contribution in [0.5, 0.6) is 5.75 Å². The minimum absolute atomic E-state index is 0. The van der Waals surface area contributed by atoms with Crippen molar-refractivity contribution in [3.63, 3.8) is 0 Å². The van der Waals surface area contributed by atoms with Gasteiger partial charge in [-0.15, -0.1) is 0 Å². The van der Waals surface area contributed by atoms with Gasteiger partial charge in [-0.05, 0) is 74.1 Å². The van der Waals surface area contributed by atoms with E-state index in [0.717, 1.165) is 38.1 Å². The molecule has 0 bridgehead atoms. The van der Waals surface area contributed by atoms with E-state index in [2.05, 4.69) is 4.98 Å². The Bertz CT molecular complexity index is 1570. The van der Waals surface area contributed by atoms with Crippen molar-refractivity contribution in [3.05, 3.63) is 108 Å². The monoisotopic (exact) mass is 527 g/mol. The van der Waals surface area contributed by atoms with E-state index in [9.17, 15) is 19.5 Å². The molecule has 194 valence electrons. The van der Waals surface area contributed by atoms with Crippen LogP contribution in [0.2, 0.25) is 0 Å². The first-order chi connectivity index (χ1) is 17.5. The minimum Gasteiger partial charge on any atom is -0.489 e. The third kappa shape index (κ3) is 7.26. The fourth-order valence-corrected chi connectivity index (χ4v) is 4.06. The maximum absolute atomic E-state index is 12.5. The third-order valence-electron chi connectivity index (χ3n) is 6.27. The van der Waals surface area contributed by atoms with Crippen LogP contribution >= 0.6 is 0 Å². The summed E-state index contributed by atoms with van der Waals surface area (Å²) in [4.78, 5) is 38.4. The van der Waals surface area contributed by atoms with Gasteiger partial charge in [0.05, 0.1) is 5.60 Å². The second kappa shape index (κ2) is 12.2. The van der Waals surface area contributed by atoms with Gasteiger partial charge in [0.2, 0.25) is 0 Å². The Morgan fingerprint density at radius 3 is 2.37 bits per heavy atom. The first kappa shape index (κ1) is 29.4. The summed E-state index contributed by atoms with van der Waals surface area (Å²) in [6.45, 7) is 8.29. The van der Waals surface area contributed by atoms with E-state index < -0.39 is 17.0 Å². The number of hydrogen-bond donors (Lipinski definition) is 1. The molecule has 0 aliphatic carbocycles. The van der Waals surface area contributed by atoms with Crippen LogP contribution in [0.25, 0.3) is 11.1 Å². The average molecular weight is 528 g/mol. The second-order valence-corrected chi connectivity index (χ2v) is 9.77. The van der Waals surface area contributed by atoms with Crippen molar-refractivity contribution in [2.24, 2.45) is 0 Å². The van der Waals surface area contributed by atoms with Crippen molar-refractivity contribution < 1.29 is 43.9 Å². The molecule has 0 amide bonds. The van der Waals surface area contributed by atoms with Gasteiger partial charge in [0.25, 0.3) is 5.56 Å². The predicted octanol–water partition coefficient (Wildman–Crippen LogP) is -0.00346. The van der Waals surface area contributed by atoms with Crippen LogP contribution in [0.3, 0.4) is 0 Å². The Balaban J connectivity index is 0.00000400. The Morgan fingerprint density at radius 1 is 1.03 bits per heavy atom. The molecule has 38 heavy (non-hydrogen) atoms. The summed E-state index contributed by atoms with van der Waals surface area (Å²) < 4.78 is 13.3. The summed E-state index contributed by atoms with van der Waals surface area (Å²) >= 11 is 0.